The highest BCUT2D eigenvalue weighted by Gasteiger charge is 2.30. The van der Waals surface area contributed by atoms with Crippen molar-refractivity contribution in [1.82, 2.24) is 14.5 Å². The molecule has 1 aliphatic heterocycles. The fraction of sp³-hybridized carbons (Fsp3) is 0.500. The number of carbonyl (C=O) groups excluding carboxylic acids is 1. The molecule has 11 nitrogen and oxygen atoms in total. The van der Waals surface area contributed by atoms with E-state index in [-0.39, 0.29) is 27.4 Å². The van der Waals surface area contributed by atoms with E-state index in [4.69, 9.17) is 4.74 Å². The van der Waals surface area contributed by atoms with Crippen LogP contribution in [-0.2, 0) is 24.8 Å². The molecule has 1 saturated heterocycles. The van der Waals surface area contributed by atoms with Crippen LogP contribution in [0.4, 0.5) is 10.8 Å². The van der Waals surface area contributed by atoms with Gasteiger partial charge in [0.2, 0.25) is 21.1 Å². The Morgan fingerprint density at radius 1 is 1.12 bits per heavy atom. The predicted octanol–water partition coefficient (Wildman–Crippen LogP) is 2.12. The second kappa shape index (κ2) is 8.92. The van der Waals surface area contributed by atoms with Crippen molar-refractivity contribution in [3.63, 3.8) is 0 Å². The molecule has 2 heterocycles. The van der Waals surface area contributed by atoms with Gasteiger partial charge in [0.05, 0.1) is 17.7 Å². The van der Waals surface area contributed by atoms with Crippen LogP contribution < -0.4 is 14.8 Å². The van der Waals surface area contributed by atoms with Crippen LogP contribution in [0.3, 0.4) is 0 Å². The van der Waals surface area contributed by atoms with Crippen molar-refractivity contribution in [3.8, 4) is 5.75 Å². The van der Waals surface area contributed by atoms with Crippen LogP contribution >= 0.6 is 11.3 Å². The molecule has 0 atom stereocenters. The van der Waals surface area contributed by atoms with Gasteiger partial charge in [-0.25, -0.2) is 8.42 Å². The number of nitrogens with zero attached hydrogens (tertiary/aromatic N) is 3. The van der Waals surface area contributed by atoms with Crippen LogP contribution in [0, 0.1) is 5.41 Å². The molecule has 1 aliphatic rings. The zero-order valence-corrected chi connectivity index (χ0v) is 20.5. The molecule has 0 unspecified atom stereocenters. The molecule has 2 aromatic rings. The SMILES string of the molecule is COc1ccc(S(=O)(=O)N2CCCC2)cc1NS(=O)(=O)c1nnc(NC(=O)C(C)(C)C)s1. The largest absolute Gasteiger partial charge is 0.495 e. The van der Waals surface area contributed by atoms with E-state index in [0.717, 1.165) is 12.8 Å². The van der Waals surface area contributed by atoms with E-state index in [1.54, 1.807) is 20.8 Å². The molecule has 3 rings (SSSR count). The number of benzene rings is 1. The van der Waals surface area contributed by atoms with Crippen molar-refractivity contribution in [2.45, 2.75) is 42.8 Å². The fourth-order valence-corrected chi connectivity index (χ4v) is 6.35. The number of amides is 1. The average Bonchev–Trinajstić information content (AvgIpc) is 3.39. The molecule has 0 aliphatic carbocycles. The van der Waals surface area contributed by atoms with Crippen molar-refractivity contribution >= 4 is 48.1 Å². The number of methoxy groups -OCH3 is 1. The van der Waals surface area contributed by atoms with Gasteiger partial charge in [-0.3, -0.25) is 9.52 Å². The maximum Gasteiger partial charge on any atom is 0.291 e. The summed E-state index contributed by atoms with van der Waals surface area (Å²) in [5, 5.41) is 9.91. The van der Waals surface area contributed by atoms with Crippen LogP contribution in [0.2, 0.25) is 0 Å². The lowest BCUT2D eigenvalue weighted by molar-refractivity contribution is -0.123. The zero-order chi connectivity index (χ0) is 23.7. The van der Waals surface area contributed by atoms with Gasteiger partial charge in [-0.2, -0.15) is 12.7 Å². The standard InChI is InChI=1S/C18H25N5O6S3/c1-18(2,3)15(24)19-16-20-21-17(30-16)31(25,26)22-13-11-12(7-8-14(13)29-4)32(27,28)23-9-5-6-10-23/h7-8,11,22H,5-6,9-10H2,1-4H3,(H,19,20,24). The molecule has 0 spiro atoms. The van der Waals surface area contributed by atoms with E-state index < -0.39 is 29.8 Å². The summed E-state index contributed by atoms with van der Waals surface area (Å²) in [7, 11) is -6.64. The molecule has 0 radical (unpaired) electrons. The molecule has 0 bridgehead atoms. The van der Waals surface area contributed by atoms with Crippen molar-refractivity contribution in [1.29, 1.82) is 0 Å². The first kappa shape index (κ1) is 24.4. The summed E-state index contributed by atoms with van der Waals surface area (Å²) in [4.78, 5) is 12.0. The number of sulfonamides is 2. The maximum absolute atomic E-state index is 12.9. The summed E-state index contributed by atoms with van der Waals surface area (Å²) < 4.78 is 59.9. The zero-order valence-electron chi connectivity index (χ0n) is 18.1. The number of carbonyl (C=O) groups is 1. The lowest BCUT2D eigenvalue weighted by Crippen LogP contribution is -2.28. The average molecular weight is 504 g/mol. The van der Waals surface area contributed by atoms with Crippen LogP contribution in [-0.4, -0.2) is 57.4 Å². The van der Waals surface area contributed by atoms with Gasteiger partial charge in [0, 0.05) is 18.5 Å². The van der Waals surface area contributed by atoms with Crippen LogP contribution in [0.1, 0.15) is 33.6 Å². The molecule has 1 aromatic heterocycles. The first-order valence-electron chi connectivity index (χ1n) is 9.70. The van der Waals surface area contributed by atoms with E-state index in [2.05, 4.69) is 20.2 Å². The van der Waals surface area contributed by atoms with E-state index in [0.29, 0.717) is 24.4 Å². The summed E-state index contributed by atoms with van der Waals surface area (Å²) in [6.45, 7) is 5.96. The van der Waals surface area contributed by atoms with Gasteiger partial charge in [0.25, 0.3) is 14.4 Å². The Balaban J connectivity index is 1.88. The summed E-state index contributed by atoms with van der Waals surface area (Å²) in [5.41, 5.74) is -0.749. The van der Waals surface area contributed by atoms with Gasteiger partial charge in [-0.1, -0.05) is 32.1 Å². The second-order valence-corrected chi connectivity index (χ2v) is 12.9. The number of rotatable bonds is 7. The van der Waals surface area contributed by atoms with Gasteiger partial charge >= 0.3 is 0 Å². The predicted molar refractivity (Wildman–Crippen MR) is 120 cm³/mol. The normalized spacial score (nSPS) is 15.5. The highest BCUT2D eigenvalue weighted by molar-refractivity contribution is 7.94. The number of hydrogen-bond donors (Lipinski definition) is 2. The number of anilines is 2. The minimum absolute atomic E-state index is 0.0302. The van der Waals surface area contributed by atoms with Crippen molar-refractivity contribution in [3.05, 3.63) is 18.2 Å². The van der Waals surface area contributed by atoms with Crippen molar-refractivity contribution in [2.75, 3.05) is 30.2 Å². The Hall–Kier alpha value is -2.29. The highest BCUT2D eigenvalue weighted by Crippen LogP contribution is 2.32. The van der Waals surface area contributed by atoms with Crippen LogP contribution in [0.5, 0.6) is 5.75 Å². The summed E-state index contributed by atoms with van der Waals surface area (Å²) >= 11 is 0.675. The molecule has 176 valence electrons. The number of hydrogen-bond acceptors (Lipinski definition) is 9. The van der Waals surface area contributed by atoms with E-state index >= 15 is 0 Å². The number of nitrogens with one attached hydrogen (secondary N) is 2. The van der Waals surface area contributed by atoms with Gasteiger partial charge in [-0.05, 0) is 31.0 Å². The Bertz CT molecular complexity index is 1210. The number of ether oxygens (including phenoxy) is 1. The molecule has 14 heteroatoms. The third-order valence-corrected chi connectivity index (χ3v) is 9.12. The van der Waals surface area contributed by atoms with Crippen LogP contribution in [0.15, 0.2) is 27.4 Å². The monoisotopic (exact) mass is 503 g/mol. The van der Waals surface area contributed by atoms with E-state index in [1.165, 1.54) is 29.6 Å². The van der Waals surface area contributed by atoms with E-state index in [1.807, 2.05) is 0 Å². The molecule has 1 fully saturated rings. The molecular weight excluding hydrogens is 478 g/mol. The van der Waals surface area contributed by atoms with Crippen LogP contribution in [0.25, 0.3) is 0 Å². The van der Waals surface area contributed by atoms with Gasteiger partial charge in [0.1, 0.15) is 5.75 Å². The molecule has 1 aromatic carbocycles. The topological polar surface area (TPSA) is 148 Å². The summed E-state index contributed by atoms with van der Waals surface area (Å²) in [5.74, 6) is -0.202. The summed E-state index contributed by atoms with van der Waals surface area (Å²) in [6, 6.07) is 3.97. The summed E-state index contributed by atoms with van der Waals surface area (Å²) in [6.07, 6.45) is 1.56. The van der Waals surface area contributed by atoms with Gasteiger partial charge in [0.15, 0.2) is 0 Å². The molecule has 32 heavy (non-hydrogen) atoms. The minimum Gasteiger partial charge on any atom is -0.495 e. The van der Waals surface area contributed by atoms with Gasteiger partial charge in [-0.15, -0.1) is 10.2 Å². The third-order valence-electron chi connectivity index (χ3n) is 4.66. The Morgan fingerprint density at radius 3 is 2.38 bits per heavy atom. The second-order valence-electron chi connectivity index (χ2n) is 8.16. The van der Waals surface area contributed by atoms with Crippen molar-refractivity contribution < 1.29 is 26.4 Å². The molecule has 1 amide bonds. The number of aromatic nitrogens is 2. The fourth-order valence-electron chi connectivity index (χ4n) is 2.85. The van der Waals surface area contributed by atoms with Crippen molar-refractivity contribution in [2.24, 2.45) is 5.41 Å². The molecular formula is C18H25N5O6S3. The maximum atomic E-state index is 12.9. The molecule has 2 N–H and O–H groups in total. The smallest absolute Gasteiger partial charge is 0.291 e. The lowest BCUT2D eigenvalue weighted by Gasteiger charge is -2.17. The first-order chi connectivity index (χ1) is 14.8. The lowest BCUT2D eigenvalue weighted by atomic mass is 9.96. The first-order valence-corrected chi connectivity index (χ1v) is 13.4. The van der Waals surface area contributed by atoms with E-state index in [9.17, 15) is 21.6 Å². The highest BCUT2D eigenvalue weighted by atomic mass is 32.2. The Kier molecular flexibility index (Phi) is 6.79. The van der Waals surface area contributed by atoms with Gasteiger partial charge < -0.3 is 10.1 Å². The quantitative estimate of drug-likeness (QED) is 0.546. The third kappa shape index (κ3) is 5.19. The Morgan fingerprint density at radius 2 is 1.78 bits per heavy atom. The minimum atomic E-state index is -4.22. The molecule has 0 saturated carbocycles. The Labute approximate surface area is 191 Å².